The van der Waals surface area contributed by atoms with E-state index in [1.54, 1.807) is 16.9 Å². The molecule has 0 saturated heterocycles. The fraction of sp³-hybridized carbons (Fsp3) is 0.357. The molecule has 1 atom stereocenters. The molecule has 20 heavy (non-hydrogen) atoms. The highest BCUT2D eigenvalue weighted by Crippen LogP contribution is 2.24. The van der Waals surface area contributed by atoms with Gasteiger partial charge in [-0.05, 0) is 26.0 Å². The Hall–Kier alpha value is -1.82. The summed E-state index contributed by atoms with van der Waals surface area (Å²) in [7, 11) is 0. The molecule has 1 aromatic carbocycles. The molecule has 1 N–H and O–H groups in total. The molecule has 0 saturated carbocycles. The van der Waals surface area contributed by atoms with E-state index in [4.69, 9.17) is 0 Å². The maximum Gasteiger partial charge on any atom is 0.194 e. The quantitative estimate of drug-likeness (QED) is 0.876. The molecule has 6 heteroatoms. The first kappa shape index (κ1) is 14.6. The number of hydrogen-bond acceptors (Lipinski definition) is 2. The van der Waals surface area contributed by atoms with E-state index in [-0.39, 0.29) is 18.0 Å². The van der Waals surface area contributed by atoms with Crippen LogP contribution in [0.1, 0.15) is 37.3 Å². The monoisotopic (exact) mass is 284 g/mol. The molecule has 0 spiro atoms. The van der Waals surface area contributed by atoms with Crippen molar-refractivity contribution in [1.29, 1.82) is 0 Å². The zero-order chi connectivity index (χ0) is 14.9. The number of aromatic nitrogens is 2. The van der Waals surface area contributed by atoms with E-state index in [1.807, 2.05) is 13.8 Å². The SMILES string of the molecule is CC(C)n1ccc(CC(O)c2ccc(F)c(F)c2F)n1. The summed E-state index contributed by atoms with van der Waals surface area (Å²) in [4.78, 5) is 0. The fourth-order valence-corrected chi connectivity index (χ4v) is 1.88. The lowest BCUT2D eigenvalue weighted by Crippen LogP contribution is -2.08. The summed E-state index contributed by atoms with van der Waals surface area (Å²) in [6, 6.07) is 3.70. The maximum atomic E-state index is 13.5. The smallest absolute Gasteiger partial charge is 0.194 e. The third kappa shape index (κ3) is 2.85. The summed E-state index contributed by atoms with van der Waals surface area (Å²) in [6.45, 7) is 3.89. The van der Waals surface area contributed by atoms with Crippen molar-refractivity contribution in [2.45, 2.75) is 32.4 Å². The van der Waals surface area contributed by atoms with Crippen molar-refractivity contribution in [2.75, 3.05) is 0 Å². The molecular weight excluding hydrogens is 269 g/mol. The average Bonchev–Trinajstić information content (AvgIpc) is 2.84. The lowest BCUT2D eigenvalue weighted by Gasteiger charge is -2.11. The summed E-state index contributed by atoms with van der Waals surface area (Å²) < 4.78 is 41.2. The van der Waals surface area contributed by atoms with Crippen LogP contribution in [0.25, 0.3) is 0 Å². The molecule has 1 unspecified atom stereocenters. The lowest BCUT2D eigenvalue weighted by atomic mass is 10.0. The van der Waals surface area contributed by atoms with Crippen LogP contribution in [0.3, 0.4) is 0 Å². The minimum Gasteiger partial charge on any atom is -0.388 e. The third-order valence-electron chi connectivity index (χ3n) is 3.02. The lowest BCUT2D eigenvalue weighted by molar-refractivity contribution is 0.170. The van der Waals surface area contributed by atoms with E-state index in [1.165, 1.54) is 0 Å². The van der Waals surface area contributed by atoms with Crippen molar-refractivity contribution >= 4 is 0 Å². The highest BCUT2D eigenvalue weighted by molar-refractivity contribution is 5.23. The Labute approximate surface area is 114 Å². The molecule has 0 radical (unpaired) electrons. The van der Waals surface area contributed by atoms with E-state index >= 15 is 0 Å². The highest BCUT2D eigenvalue weighted by atomic mass is 19.2. The van der Waals surface area contributed by atoms with E-state index in [0.29, 0.717) is 5.69 Å². The van der Waals surface area contributed by atoms with Gasteiger partial charge in [0.25, 0.3) is 0 Å². The number of nitrogens with zero attached hydrogens (tertiary/aromatic N) is 2. The first-order valence-corrected chi connectivity index (χ1v) is 6.25. The number of benzene rings is 1. The Balaban J connectivity index is 2.19. The van der Waals surface area contributed by atoms with Gasteiger partial charge < -0.3 is 5.11 Å². The number of rotatable bonds is 4. The third-order valence-corrected chi connectivity index (χ3v) is 3.02. The minimum atomic E-state index is -1.57. The summed E-state index contributed by atoms with van der Waals surface area (Å²) in [5, 5.41) is 14.2. The van der Waals surface area contributed by atoms with Crippen LogP contribution in [-0.4, -0.2) is 14.9 Å². The summed E-state index contributed by atoms with van der Waals surface area (Å²) in [5.41, 5.74) is 0.276. The van der Waals surface area contributed by atoms with Crippen molar-refractivity contribution in [2.24, 2.45) is 0 Å². The van der Waals surface area contributed by atoms with Crippen LogP contribution in [0, 0.1) is 17.5 Å². The van der Waals surface area contributed by atoms with E-state index in [9.17, 15) is 18.3 Å². The normalized spacial score (nSPS) is 12.9. The van der Waals surface area contributed by atoms with Gasteiger partial charge in [-0.15, -0.1) is 0 Å². The summed E-state index contributed by atoms with van der Waals surface area (Å²) in [6.07, 6.45) is 0.497. The Kier molecular flexibility index (Phi) is 4.13. The minimum absolute atomic E-state index is 0.0295. The standard InChI is InChI=1S/C14H15F3N2O/c1-8(2)19-6-5-9(18-19)7-12(20)10-3-4-11(15)14(17)13(10)16/h3-6,8,12,20H,7H2,1-2H3. The van der Waals surface area contributed by atoms with Gasteiger partial charge in [0.2, 0.25) is 0 Å². The number of hydrogen-bond donors (Lipinski definition) is 1. The molecule has 2 rings (SSSR count). The van der Waals surface area contributed by atoms with Crippen molar-refractivity contribution in [3.8, 4) is 0 Å². The van der Waals surface area contributed by atoms with Gasteiger partial charge in [0.15, 0.2) is 17.5 Å². The molecular formula is C14H15F3N2O. The van der Waals surface area contributed by atoms with Gasteiger partial charge >= 0.3 is 0 Å². The molecule has 108 valence electrons. The molecule has 0 aliphatic heterocycles. The van der Waals surface area contributed by atoms with Crippen LogP contribution in [0.5, 0.6) is 0 Å². The Morgan fingerprint density at radius 2 is 1.85 bits per heavy atom. The van der Waals surface area contributed by atoms with Gasteiger partial charge in [-0.1, -0.05) is 6.07 Å². The molecule has 1 aromatic heterocycles. The second kappa shape index (κ2) is 5.66. The van der Waals surface area contributed by atoms with Gasteiger partial charge in [-0.3, -0.25) is 4.68 Å². The van der Waals surface area contributed by atoms with Gasteiger partial charge in [-0.2, -0.15) is 5.10 Å². The predicted octanol–water partition coefficient (Wildman–Crippen LogP) is 3.16. The van der Waals surface area contributed by atoms with Crippen LogP contribution < -0.4 is 0 Å². The van der Waals surface area contributed by atoms with Crippen LogP contribution in [-0.2, 0) is 6.42 Å². The molecule has 0 fully saturated rings. The van der Waals surface area contributed by atoms with Crippen LogP contribution in [0.15, 0.2) is 24.4 Å². The molecule has 0 aliphatic carbocycles. The van der Waals surface area contributed by atoms with Crippen molar-refractivity contribution in [1.82, 2.24) is 9.78 Å². The van der Waals surface area contributed by atoms with Crippen LogP contribution >= 0.6 is 0 Å². The van der Waals surface area contributed by atoms with Crippen LogP contribution in [0.4, 0.5) is 13.2 Å². The van der Waals surface area contributed by atoms with Gasteiger partial charge in [0.1, 0.15) is 0 Å². The molecule has 0 amide bonds. The first-order chi connectivity index (χ1) is 9.40. The first-order valence-electron chi connectivity index (χ1n) is 6.25. The molecule has 0 bridgehead atoms. The zero-order valence-electron chi connectivity index (χ0n) is 11.1. The number of aliphatic hydroxyl groups excluding tert-OH is 1. The average molecular weight is 284 g/mol. The van der Waals surface area contributed by atoms with Gasteiger partial charge in [0, 0.05) is 24.2 Å². The summed E-state index contributed by atoms with van der Waals surface area (Å²) >= 11 is 0. The fourth-order valence-electron chi connectivity index (χ4n) is 1.88. The van der Waals surface area contributed by atoms with Gasteiger partial charge in [0.05, 0.1) is 11.8 Å². The molecule has 0 aliphatic rings. The largest absolute Gasteiger partial charge is 0.388 e. The van der Waals surface area contributed by atoms with Gasteiger partial charge in [-0.25, -0.2) is 13.2 Å². The molecule has 1 heterocycles. The zero-order valence-corrected chi connectivity index (χ0v) is 11.1. The Bertz CT molecular complexity index is 610. The Morgan fingerprint density at radius 1 is 1.15 bits per heavy atom. The second-order valence-corrected chi connectivity index (χ2v) is 4.87. The Morgan fingerprint density at radius 3 is 2.45 bits per heavy atom. The van der Waals surface area contributed by atoms with Crippen molar-refractivity contribution in [3.63, 3.8) is 0 Å². The highest BCUT2D eigenvalue weighted by Gasteiger charge is 2.20. The van der Waals surface area contributed by atoms with Crippen molar-refractivity contribution in [3.05, 3.63) is 53.1 Å². The number of aliphatic hydroxyl groups is 1. The maximum absolute atomic E-state index is 13.5. The summed E-state index contributed by atoms with van der Waals surface area (Å²) in [5.74, 6) is -4.21. The second-order valence-electron chi connectivity index (χ2n) is 4.87. The van der Waals surface area contributed by atoms with E-state index in [0.717, 1.165) is 12.1 Å². The molecule has 2 aromatic rings. The molecule has 3 nitrogen and oxygen atoms in total. The predicted molar refractivity (Wildman–Crippen MR) is 67.6 cm³/mol. The van der Waals surface area contributed by atoms with Crippen molar-refractivity contribution < 1.29 is 18.3 Å². The number of halogens is 3. The van der Waals surface area contributed by atoms with E-state index in [2.05, 4.69) is 5.10 Å². The topological polar surface area (TPSA) is 38.0 Å². The van der Waals surface area contributed by atoms with E-state index < -0.39 is 23.6 Å². The van der Waals surface area contributed by atoms with Crippen LogP contribution in [0.2, 0.25) is 0 Å².